The average Bonchev–Trinajstić information content (AvgIpc) is 2.26. The van der Waals surface area contributed by atoms with Crippen LogP contribution in [-0.2, 0) is 14.8 Å². The maximum absolute atomic E-state index is 12.9. The zero-order valence-corrected chi connectivity index (χ0v) is 10.3. The van der Waals surface area contributed by atoms with Crippen LogP contribution in [0.1, 0.15) is 6.42 Å². The van der Waals surface area contributed by atoms with Crippen LogP contribution in [0, 0.1) is 11.6 Å². The molecule has 6 nitrogen and oxygen atoms in total. The summed E-state index contributed by atoms with van der Waals surface area (Å²) in [6.45, 7) is -0.559. The fourth-order valence-corrected chi connectivity index (χ4v) is 2.57. The standard InChI is InChI=1S/C10H11F2NO5S/c11-6-3-7(12)5-8(4-6)19(17,18)13-9(1-2-14)10(15)16/h3-5,9,13-14H,1-2H2,(H,15,16)/t9-/m1/s1. The Balaban J connectivity index is 3.06. The van der Waals surface area contributed by atoms with Gasteiger partial charge in [-0.2, -0.15) is 4.72 Å². The summed E-state index contributed by atoms with van der Waals surface area (Å²) in [6.07, 6.45) is -0.369. The lowest BCUT2D eigenvalue weighted by Crippen LogP contribution is -2.41. The van der Waals surface area contributed by atoms with Crippen molar-refractivity contribution in [3.8, 4) is 0 Å². The number of aliphatic carboxylic acids is 1. The highest BCUT2D eigenvalue weighted by atomic mass is 32.2. The van der Waals surface area contributed by atoms with E-state index in [2.05, 4.69) is 0 Å². The number of halogens is 2. The summed E-state index contributed by atoms with van der Waals surface area (Å²) in [4.78, 5) is 10.0. The van der Waals surface area contributed by atoms with Crippen molar-refractivity contribution in [3.05, 3.63) is 29.8 Å². The first-order valence-electron chi connectivity index (χ1n) is 5.08. The summed E-state index contributed by atoms with van der Waals surface area (Å²) in [5.74, 6) is -3.71. The number of sulfonamides is 1. The zero-order valence-electron chi connectivity index (χ0n) is 9.51. The van der Waals surface area contributed by atoms with E-state index in [4.69, 9.17) is 10.2 Å². The second-order valence-electron chi connectivity index (χ2n) is 3.63. The highest BCUT2D eigenvalue weighted by molar-refractivity contribution is 7.89. The number of aliphatic hydroxyl groups is 1. The third-order valence-electron chi connectivity index (χ3n) is 2.16. The first-order valence-corrected chi connectivity index (χ1v) is 6.56. The number of carboxylic acid groups (broad SMARTS) is 1. The van der Waals surface area contributed by atoms with Gasteiger partial charge in [0.05, 0.1) is 4.90 Å². The monoisotopic (exact) mass is 295 g/mol. The van der Waals surface area contributed by atoms with E-state index >= 15 is 0 Å². The van der Waals surface area contributed by atoms with Crippen molar-refractivity contribution in [2.75, 3.05) is 6.61 Å². The van der Waals surface area contributed by atoms with Crippen molar-refractivity contribution in [1.29, 1.82) is 0 Å². The number of carboxylic acids is 1. The van der Waals surface area contributed by atoms with Crippen molar-refractivity contribution in [2.24, 2.45) is 0 Å². The van der Waals surface area contributed by atoms with E-state index < -0.39 is 45.2 Å². The fraction of sp³-hybridized carbons (Fsp3) is 0.300. The largest absolute Gasteiger partial charge is 0.480 e. The van der Waals surface area contributed by atoms with Gasteiger partial charge in [0, 0.05) is 12.7 Å². The Morgan fingerprint density at radius 2 is 1.79 bits per heavy atom. The number of carbonyl (C=O) groups is 1. The van der Waals surface area contributed by atoms with Crippen LogP contribution >= 0.6 is 0 Å². The highest BCUT2D eigenvalue weighted by Gasteiger charge is 2.25. The van der Waals surface area contributed by atoms with E-state index in [0.29, 0.717) is 18.2 Å². The lowest BCUT2D eigenvalue weighted by atomic mass is 10.2. The van der Waals surface area contributed by atoms with Crippen LogP contribution in [0.25, 0.3) is 0 Å². The Labute approximate surface area is 107 Å². The summed E-state index contributed by atoms with van der Waals surface area (Å²) in [5, 5.41) is 17.4. The Bertz CT molecular complexity index is 555. The molecule has 1 aromatic carbocycles. The lowest BCUT2D eigenvalue weighted by molar-refractivity contribution is -0.139. The summed E-state index contributed by atoms with van der Waals surface area (Å²) in [5.41, 5.74) is 0. The third kappa shape index (κ3) is 4.23. The molecular formula is C10H11F2NO5S. The molecule has 106 valence electrons. The number of nitrogens with one attached hydrogen (secondary N) is 1. The quantitative estimate of drug-likeness (QED) is 0.689. The summed E-state index contributed by atoms with van der Waals surface area (Å²) in [6, 6.07) is 0.0230. The second-order valence-corrected chi connectivity index (χ2v) is 5.34. The molecule has 0 fully saturated rings. The molecule has 9 heteroatoms. The normalized spacial score (nSPS) is 13.2. The smallest absolute Gasteiger partial charge is 0.321 e. The number of hydrogen-bond donors (Lipinski definition) is 3. The molecule has 0 spiro atoms. The molecular weight excluding hydrogens is 284 g/mol. The molecule has 1 rings (SSSR count). The molecule has 0 aromatic heterocycles. The molecule has 1 atom stereocenters. The Hall–Kier alpha value is -1.58. The molecule has 0 heterocycles. The summed E-state index contributed by atoms with van der Waals surface area (Å²) in [7, 11) is -4.39. The van der Waals surface area contributed by atoms with E-state index in [1.54, 1.807) is 4.72 Å². The Morgan fingerprint density at radius 1 is 1.26 bits per heavy atom. The molecule has 0 aliphatic carbocycles. The average molecular weight is 295 g/mol. The van der Waals surface area contributed by atoms with Gasteiger partial charge in [0.15, 0.2) is 0 Å². The topological polar surface area (TPSA) is 104 Å². The van der Waals surface area contributed by atoms with Crippen LogP contribution in [0.3, 0.4) is 0 Å². The molecule has 0 unspecified atom stereocenters. The van der Waals surface area contributed by atoms with E-state index in [9.17, 15) is 22.0 Å². The number of aliphatic hydroxyl groups excluding tert-OH is 1. The van der Waals surface area contributed by atoms with Gasteiger partial charge in [-0.3, -0.25) is 4.79 Å². The first-order chi connectivity index (χ1) is 8.76. The van der Waals surface area contributed by atoms with Gasteiger partial charge in [-0.1, -0.05) is 0 Å². The van der Waals surface area contributed by atoms with Gasteiger partial charge in [-0.15, -0.1) is 0 Å². The maximum atomic E-state index is 12.9. The van der Waals surface area contributed by atoms with Gasteiger partial charge in [0.25, 0.3) is 0 Å². The predicted molar refractivity (Wildman–Crippen MR) is 59.8 cm³/mol. The second kappa shape index (κ2) is 6.04. The summed E-state index contributed by atoms with van der Waals surface area (Å²) >= 11 is 0. The molecule has 3 N–H and O–H groups in total. The number of benzene rings is 1. The number of hydrogen-bond acceptors (Lipinski definition) is 4. The Morgan fingerprint density at radius 3 is 2.21 bits per heavy atom. The van der Waals surface area contributed by atoms with Gasteiger partial charge in [-0.05, 0) is 18.6 Å². The highest BCUT2D eigenvalue weighted by Crippen LogP contribution is 2.14. The molecule has 0 aliphatic heterocycles. The SMILES string of the molecule is O=C(O)[C@@H](CCO)NS(=O)(=O)c1cc(F)cc(F)c1. The molecule has 0 saturated heterocycles. The maximum Gasteiger partial charge on any atom is 0.321 e. The first kappa shape index (κ1) is 15.5. The predicted octanol–water partition coefficient (Wildman–Crippen LogP) is 0.0787. The molecule has 0 radical (unpaired) electrons. The summed E-state index contributed by atoms with van der Waals surface area (Å²) < 4.78 is 51.0. The minimum Gasteiger partial charge on any atom is -0.480 e. The molecule has 0 saturated carbocycles. The van der Waals surface area contributed by atoms with Crippen LogP contribution in [-0.4, -0.2) is 37.2 Å². The molecule has 0 amide bonds. The van der Waals surface area contributed by atoms with Gasteiger partial charge in [0.2, 0.25) is 10.0 Å². The van der Waals surface area contributed by atoms with Crippen LogP contribution in [0.2, 0.25) is 0 Å². The molecule has 0 aliphatic rings. The van der Waals surface area contributed by atoms with E-state index in [-0.39, 0.29) is 6.42 Å². The van der Waals surface area contributed by atoms with Crippen LogP contribution < -0.4 is 4.72 Å². The third-order valence-corrected chi connectivity index (χ3v) is 3.61. The Kier molecular flexibility index (Phi) is 4.92. The van der Waals surface area contributed by atoms with Crippen molar-refractivity contribution in [2.45, 2.75) is 17.4 Å². The van der Waals surface area contributed by atoms with Crippen molar-refractivity contribution in [1.82, 2.24) is 4.72 Å². The molecule has 0 bridgehead atoms. The molecule has 19 heavy (non-hydrogen) atoms. The van der Waals surface area contributed by atoms with Gasteiger partial charge in [-0.25, -0.2) is 17.2 Å². The van der Waals surface area contributed by atoms with Gasteiger partial charge in [0.1, 0.15) is 17.7 Å². The van der Waals surface area contributed by atoms with Gasteiger partial charge >= 0.3 is 5.97 Å². The minimum absolute atomic E-state index is 0.369. The fourth-order valence-electron chi connectivity index (χ4n) is 1.30. The molecule has 1 aromatic rings. The van der Waals surface area contributed by atoms with E-state index in [1.807, 2.05) is 0 Å². The van der Waals surface area contributed by atoms with Crippen molar-refractivity contribution in [3.63, 3.8) is 0 Å². The van der Waals surface area contributed by atoms with E-state index in [0.717, 1.165) is 0 Å². The van der Waals surface area contributed by atoms with E-state index in [1.165, 1.54) is 0 Å². The van der Waals surface area contributed by atoms with Gasteiger partial charge < -0.3 is 10.2 Å². The van der Waals surface area contributed by atoms with Crippen LogP contribution in [0.5, 0.6) is 0 Å². The van der Waals surface area contributed by atoms with Crippen molar-refractivity contribution < 1.29 is 32.2 Å². The van der Waals surface area contributed by atoms with Crippen LogP contribution in [0.4, 0.5) is 8.78 Å². The van der Waals surface area contributed by atoms with Crippen molar-refractivity contribution >= 4 is 16.0 Å². The number of rotatable bonds is 6. The minimum atomic E-state index is -4.39. The van der Waals surface area contributed by atoms with Crippen LogP contribution in [0.15, 0.2) is 23.1 Å². The lowest BCUT2D eigenvalue weighted by Gasteiger charge is -2.13. The zero-order chi connectivity index (χ0) is 14.6.